The van der Waals surface area contributed by atoms with Gasteiger partial charge in [0.15, 0.2) is 0 Å². The average molecular weight is 1110 g/mol. The molecular weight excluding hydrogens is 1040 g/mol. The van der Waals surface area contributed by atoms with Crippen molar-refractivity contribution in [1.29, 1.82) is 0 Å². The molecule has 0 spiro atoms. The number of fused-ring (bicyclic) bond motifs is 12. The standard InChI is InChI=1S/C84H68N2/c1-81(2)73-27-13-9-23-65(73)69-43-35-57(49-77(69)81)55-19-17-21-61(47-55)85(63-41-45-71-67-25-11-15-29-75(67)83(5,6)79(71)51-63)59-37-31-53(32-38-59)54-33-39-60(40-34-54)86(64-42-46-72-68-26-12-16-30-76(68)84(7,8)80(72)52-64)62-22-18-20-56(48-62)58-36-44-70-66-24-10-14-28-74(66)82(3,4)78(70)50-58/h9-52H,1-8H3. The van der Waals surface area contributed by atoms with Crippen LogP contribution in [0.25, 0.3) is 77.9 Å². The lowest BCUT2D eigenvalue weighted by atomic mass is 9.81. The van der Waals surface area contributed by atoms with Gasteiger partial charge in [-0.05, 0) is 207 Å². The maximum absolute atomic E-state index is 2.45. The van der Waals surface area contributed by atoms with Crippen LogP contribution >= 0.6 is 0 Å². The quantitative estimate of drug-likeness (QED) is 0.142. The fourth-order valence-electron chi connectivity index (χ4n) is 15.6. The van der Waals surface area contributed by atoms with Crippen LogP contribution in [0.4, 0.5) is 34.1 Å². The number of hydrogen-bond donors (Lipinski definition) is 0. The van der Waals surface area contributed by atoms with Gasteiger partial charge < -0.3 is 9.80 Å². The van der Waals surface area contributed by atoms with Gasteiger partial charge >= 0.3 is 0 Å². The minimum atomic E-state index is -0.144. The zero-order valence-corrected chi connectivity index (χ0v) is 50.3. The highest BCUT2D eigenvalue weighted by Gasteiger charge is 2.39. The summed E-state index contributed by atoms with van der Waals surface area (Å²) in [6, 6.07) is 101. The van der Waals surface area contributed by atoms with Crippen molar-refractivity contribution in [2.45, 2.75) is 77.0 Å². The zero-order valence-electron chi connectivity index (χ0n) is 50.3. The third-order valence-electron chi connectivity index (χ3n) is 20.3. The molecule has 4 aliphatic rings. The van der Waals surface area contributed by atoms with E-state index in [0.717, 1.165) is 45.3 Å². The topological polar surface area (TPSA) is 6.48 Å². The van der Waals surface area contributed by atoms with E-state index in [1.54, 1.807) is 0 Å². The molecule has 0 aliphatic heterocycles. The summed E-state index contributed by atoms with van der Waals surface area (Å²) in [5.41, 5.74) is 35.1. The lowest BCUT2D eigenvalue weighted by Crippen LogP contribution is -2.16. The molecule has 16 rings (SSSR count). The molecule has 12 aromatic carbocycles. The van der Waals surface area contributed by atoms with Gasteiger partial charge in [0.2, 0.25) is 0 Å². The van der Waals surface area contributed by atoms with Crippen LogP contribution in [-0.2, 0) is 21.7 Å². The summed E-state index contributed by atoms with van der Waals surface area (Å²) < 4.78 is 0. The molecule has 2 heteroatoms. The molecule has 0 N–H and O–H groups in total. The smallest absolute Gasteiger partial charge is 0.0467 e. The highest BCUT2D eigenvalue weighted by Crippen LogP contribution is 2.55. The number of nitrogens with zero attached hydrogens (tertiary/aromatic N) is 2. The Kier molecular flexibility index (Phi) is 11.4. The minimum Gasteiger partial charge on any atom is -0.310 e. The molecule has 0 unspecified atom stereocenters. The summed E-state index contributed by atoms with van der Waals surface area (Å²) in [7, 11) is 0. The molecule has 2 nitrogen and oxygen atoms in total. The third-order valence-corrected chi connectivity index (χ3v) is 20.3. The van der Waals surface area contributed by atoms with Crippen LogP contribution in [0.1, 0.15) is 99.9 Å². The van der Waals surface area contributed by atoms with Gasteiger partial charge in [0.25, 0.3) is 0 Å². The summed E-state index contributed by atoms with van der Waals surface area (Å²) in [5, 5.41) is 0. The predicted molar refractivity (Wildman–Crippen MR) is 362 cm³/mol. The van der Waals surface area contributed by atoms with Gasteiger partial charge in [-0.25, -0.2) is 0 Å². The third kappa shape index (κ3) is 7.78. The first-order valence-electron chi connectivity index (χ1n) is 30.6. The molecule has 0 saturated carbocycles. The van der Waals surface area contributed by atoms with Gasteiger partial charge in [0.05, 0.1) is 0 Å². The first-order chi connectivity index (χ1) is 41.6. The fourth-order valence-corrected chi connectivity index (χ4v) is 15.6. The Morgan fingerprint density at radius 2 is 0.419 bits per heavy atom. The fraction of sp³-hybridized carbons (Fsp3) is 0.143. The Balaban J connectivity index is 0.768. The Hall–Kier alpha value is -9.76. The Morgan fingerprint density at radius 1 is 0.174 bits per heavy atom. The average Bonchev–Trinajstić information content (AvgIpc) is 1.67. The van der Waals surface area contributed by atoms with Crippen LogP contribution in [0.15, 0.2) is 267 Å². The van der Waals surface area contributed by atoms with Gasteiger partial charge in [-0.15, -0.1) is 0 Å². The normalized spacial score (nSPS) is 15.1. The Bertz CT molecular complexity index is 4460. The van der Waals surface area contributed by atoms with E-state index in [-0.39, 0.29) is 21.7 Å². The van der Waals surface area contributed by atoms with Crippen molar-refractivity contribution in [1.82, 2.24) is 0 Å². The molecule has 414 valence electrons. The number of hydrogen-bond acceptors (Lipinski definition) is 2. The molecule has 0 atom stereocenters. The number of rotatable bonds is 9. The summed E-state index contributed by atoms with van der Waals surface area (Å²) in [6.45, 7) is 19.0. The highest BCUT2D eigenvalue weighted by molar-refractivity contribution is 5.91. The van der Waals surface area contributed by atoms with E-state index < -0.39 is 0 Å². The zero-order chi connectivity index (χ0) is 58.4. The molecule has 0 bridgehead atoms. The molecule has 0 amide bonds. The van der Waals surface area contributed by atoms with E-state index in [0.29, 0.717) is 0 Å². The van der Waals surface area contributed by atoms with Crippen LogP contribution in [-0.4, -0.2) is 0 Å². The largest absolute Gasteiger partial charge is 0.310 e. The van der Waals surface area contributed by atoms with Gasteiger partial charge in [-0.2, -0.15) is 0 Å². The first kappa shape index (κ1) is 51.8. The van der Waals surface area contributed by atoms with Gasteiger partial charge in [0, 0.05) is 55.8 Å². The van der Waals surface area contributed by atoms with Crippen molar-refractivity contribution >= 4 is 34.1 Å². The van der Waals surface area contributed by atoms with Crippen LogP contribution in [0.2, 0.25) is 0 Å². The monoisotopic (exact) mass is 1100 g/mol. The lowest BCUT2D eigenvalue weighted by molar-refractivity contribution is 0.660. The first-order valence-corrected chi connectivity index (χ1v) is 30.6. The lowest BCUT2D eigenvalue weighted by Gasteiger charge is -2.29. The molecule has 0 aromatic heterocycles. The van der Waals surface area contributed by atoms with Crippen molar-refractivity contribution in [3.8, 4) is 77.9 Å². The van der Waals surface area contributed by atoms with Crippen molar-refractivity contribution in [3.05, 3.63) is 311 Å². The van der Waals surface area contributed by atoms with Crippen molar-refractivity contribution in [3.63, 3.8) is 0 Å². The van der Waals surface area contributed by atoms with Gasteiger partial charge in [-0.1, -0.05) is 237 Å². The van der Waals surface area contributed by atoms with Crippen LogP contribution < -0.4 is 9.80 Å². The number of benzene rings is 12. The molecule has 12 aromatic rings. The number of anilines is 6. The second-order valence-corrected chi connectivity index (χ2v) is 26.5. The second-order valence-electron chi connectivity index (χ2n) is 26.5. The second kappa shape index (κ2) is 18.9. The molecule has 0 fully saturated rings. The maximum Gasteiger partial charge on any atom is 0.0467 e. The van der Waals surface area contributed by atoms with E-state index in [4.69, 9.17) is 0 Å². The highest BCUT2D eigenvalue weighted by atomic mass is 15.1. The van der Waals surface area contributed by atoms with Crippen LogP contribution in [0.3, 0.4) is 0 Å². The van der Waals surface area contributed by atoms with E-state index >= 15 is 0 Å². The molecule has 0 heterocycles. The van der Waals surface area contributed by atoms with Crippen molar-refractivity contribution in [2.75, 3.05) is 9.80 Å². The Morgan fingerprint density at radius 3 is 0.756 bits per heavy atom. The van der Waals surface area contributed by atoms with E-state index in [2.05, 4.69) is 332 Å². The SMILES string of the molecule is CC1(C)c2ccccc2-c2ccc(-c3cccc(N(c4ccc(-c5ccc(N(c6cccc(-c7ccc8c(c7)C(C)(C)c7ccccc7-8)c6)c6ccc7c(c6)C(C)(C)c6ccccc6-7)cc5)cc4)c4ccc5c(c4)C(C)(C)c4ccccc4-5)c3)cc21. The van der Waals surface area contributed by atoms with Crippen LogP contribution in [0, 0.1) is 0 Å². The molecule has 4 aliphatic carbocycles. The molecular formula is C84H68N2. The summed E-state index contributed by atoms with van der Waals surface area (Å²) >= 11 is 0. The predicted octanol–water partition coefficient (Wildman–Crippen LogP) is 22.9. The van der Waals surface area contributed by atoms with Gasteiger partial charge in [0.1, 0.15) is 0 Å². The van der Waals surface area contributed by atoms with E-state index in [1.165, 1.54) is 111 Å². The maximum atomic E-state index is 2.45. The molecule has 0 saturated heterocycles. The van der Waals surface area contributed by atoms with Crippen molar-refractivity contribution < 1.29 is 0 Å². The van der Waals surface area contributed by atoms with E-state index in [1.807, 2.05) is 0 Å². The van der Waals surface area contributed by atoms with Crippen molar-refractivity contribution in [2.24, 2.45) is 0 Å². The van der Waals surface area contributed by atoms with Gasteiger partial charge in [-0.3, -0.25) is 0 Å². The van der Waals surface area contributed by atoms with E-state index in [9.17, 15) is 0 Å². The Labute approximate surface area is 507 Å². The summed E-state index contributed by atoms with van der Waals surface area (Å²) in [4.78, 5) is 4.90. The minimum absolute atomic E-state index is 0.0867. The van der Waals surface area contributed by atoms with Crippen LogP contribution in [0.5, 0.6) is 0 Å². The molecule has 86 heavy (non-hydrogen) atoms. The summed E-state index contributed by atoms with van der Waals surface area (Å²) in [6.07, 6.45) is 0. The summed E-state index contributed by atoms with van der Waals surface area (Å²) in [5.74, 6) is 0. The molecule has 0 radical (unpaired) electrons.